The van der Waals surface area contributed by atoms with E-state index in [1.165, 1.54) is 22.3 Å². The molecule has 1 aliphatic carbocycles. The molecule has 1 N–H and O–H groups in total. The van der Waals surface area contributed by atoms with E-state index in [9.17, 15) is 0 Å². The fraction of sp³-hybridized carbons (Fsp3) is 0.200. The molecule has 1 aromatic carbocycles. The van der Waals surface area contributed by atoms with Gasteiger partial charge in [-0.25, -0.2) is 0 Å². The number of nitrogens with one attached hydrogen (secondary N) is 1. The maximum atomic E-state index is 7.96. The average Bonchev–Trinajstić information content (AvgIpc) is 2.19. The molecule has 1 nitrogen and oxygen atoms in total. The molecule has 1 aliphatic rings. The van der Waals surface area contributed by atoms with Gasteiger partial charge in [0.05, 0.1) is 18.6 Å². The van der Waals surface area contributed by atoms with Crippen LogP contribution in [0.25, 0.3) is 5.57 Å². The van der Waals surface area contributed by atoms with Gasteiger partial charge in [-0.2, -0.15) is 0 Å². The van der Waals surface area contributed by atoms with E-state index in [1.54, 1.807) is 0 Å². The van der Waals surface area contributed by atoms with Crippen LogP contribution in [-0.2, 0) is 0 Å². The Hall–Kier alpha value is -1.76. The minimum Gasteiger partial charge on any atom is -0.275 e. The summed E-state index contributed by atoms with van der Waals surface area (Å²) in [4.78, 5) is 0. The lowest BCUT2D eigenvalue weighted by Gasteiger charge is -2.11. The molecule has 0 spiro atoms. The van der Waals surface area contributed by atoms with E-state index in [-0.39, 0.29) is 0 Å². The number of hydrogen-bond donors (Lipinski definition) is 1. The Kier molecular flexibility index (Phi) is 2.69. The molecule has 16 heavy (non-hydrogen) atoms. The zero-order chi connectivity index (χ0) is 11.7. The summed E-state index contributed by atoms with van der Waals surface area (Å²) >= 11 is 0. The van der Waals surface area contributed by atoms with Gasteiger partial charge >= 0.3 is 0 Å². The van der Waals surface area contributed by atoms with Gasteiger partial charge in [0, 0.05) is 11.6 Å². The lowest BCUT2D eigenvalue weighted by Crippen LogP contribution is -2.06. The molecule has 0 heterocycles. The SMILES string of the molecule is Cc1cc(C)c(C2=CC=C[CH+]C2=N)c(C)c1. The molecule has 1 heteroatoms. The van der Waals surface area contributed by atoms with E-state index in [0.717, 1.165) is 5.57 Å². The van der Waals surface area contributed by atoms with Gasteiger partial charge in [0.2, 0.25) is 0 Å². The smallest absolute Gasteiger partial charge is 0.173 e. The molecule has 80 valence electrons. The minimum atomic E-state index is 0.595. The van der Waals surface area contributed by atoms with Gasteiger partial charge in [0.15, 0.2) is 5.71 Å². The van der Waals surface area contributed by atoms with Crippen molar-refractivity contribution in [2.75, 3.05) is 0 Å². The number of allylic oxidation sites excluding steroid dienone is 4. The predicted molar refractivity (Wildman–Crippen MR) is 69.8 cm³/mol. The van der Waals surface area contributed by atoms with Crippen molar-refractivity contribution >= 4 is 11.3 Å². The summed E-state index contributed by atoms with van der Waals surface area (Å²) in [5.74, 6) is 0. The molecule has 0 bridgehead atoms. The first-order chi connectivity index (χ1) is 7.59. The summed E-state index contributed by atoms with van der Waals surface area (Å²) in [7, 11) is 0. The van der Waals surface area contributed by atoms with Crippen molar-refractivity contribution in [3.05, 3.63) is 59.0 Å². The standard InChI is InChI=1S/C15H16N/c1-10-8-11(2)15(12(3)9-10)13-6-4-5-7-14(13)16/h4-9,16H,1-3H3/q+1. The normalized spacial score (nSPS) is 14.7. The quantitative estimate of drug-likeness (QED) is 0.682. The van der Waals surface area contributed by atoms with Crippen molar-refractivity contribution in [3.63, 3.8) is 0 Å². The average molecular weight is 210 g/mol. The zero-order valence-electron chi connectivity index (χ0n) is 9.96. The van der Waals surface area contributed by atoms with Crippen LogP contribution >= 0.6 is 0 Å². The number of aryl methyl sites for hydroxylation is 3. The monoisotopic (exact) mass is 210 g/mol. The summed E-state index contributed by atoms with van der Waals surface area (Å²) in [5.41, 5.74) is 6.60. The van der Waals surface area contributed by atoms with Crippen LogP contribution in [0.2, 0.25) is 0 Å². The highest BCUT2D eigenvalue weighted by atomic mass is 14.4. The molecular formula is C15H16N+. The van der Waals surface area contributed by atoms with Crippen molar-refractivity contribution in [1.29, 1.82) is 5.41 Å². The maximum absolute atomic E-state index is 7.96. The lowest BCUT2D eigenvalue weighted by atomic mass is 9.88. The van der Waals surface area contributed by atoms with Crippen LogP contribution in [0.5, 0.6) is 0 Å². The second kappa shape index (κ2) is 4.01. The zero-order valence-corrected chi connectivity index (χ0v) is 9.96. The summed E-state index contributed by atoms with van der Waals surface area (Å²) in [6.07, 6.45) is 7.76. The molecular weight excluding hydrogens is 194 g/mol. The van der Waals surface area contributed by atoms with Crippen LogP contribution in [-0.4, -0.2) is 5.71 Å². The molecule has 0 saturated carbocycles. The highest BCUT2D eigenvalue weighted by molar-refractivity contribution is 6.28. The predicted octanol–water partition coefficient (Wildman–Crippen LogP) is 3.79. The van der Waals surface area contributed by atoms with Crippen LogP contribution in [0.1, 0.15) is 22.3 Å². The molecule has 1 aromatic rings. The van der Waals surface area contributed by atoms with Gasteiger partial charge in [-0.1, -0.05) is 17.7 Å². The minimum absolute atomic E-state index is 0.595. The van der Waals surface area contributed by atoms with E-state index in [0.29, 0.717) is 5.71 Å². The maximum Gasteiger partial charge on any atom is 0.173 e. The van der Waals surface area contributed by atoms with Crippen molar-refractivity contribution in [2.24, 2.45) is 0 Å². The Morgan fingerprint density at radius 3 is 2.25 bits per heavy atom. The van der Waals surface area contributed by atoms with Gasteiger partial charge < -0.3 is 0 Å². The Balaban J connectivity index is 2.60. The second-order valence-electron chi connectivity index (χ2n) is 4.32. The Morgan fingerprint density at radius 1 is 1.06 bits per heavy atom. The fourth-order valence-corrected chi connectivity index (χ4v) is 2.31. The highest BCUT2D eigenvalue weighted by Crippen LogP contribution is 2.27. The number of benzene rings is 1. The first-order valence-electron chi connectivity index (χ1n) is 5.48. The molecule has 0 amide bonds. The molecule has 0 atom stereocenters. The molecule has 0 fully saturated rings. The van der Waals surface area contributed by atoms with Crippen molar-refractivity contribution in [2.45, 2.75) is 20.8 Å². The van der Waals surface area contributed by atoms with Gasteiger partial charge in [0.25, 0.3) is 0 Å². The summed E-state index contributed by atoms with van der Waals surface area (Å²) in [6, 6.07) is 4.35. The van der Waals surface area contributed by atoms with E-state index in [2.05, 4.69) is 32.9 Å². The van der Waals surface area contributed by atoms with Crippen LogP contribution in [0, 0.1) is 32.6 Å². The topological polar surface area (TPSA) is 23.9 Å². The van der Waals surface area contributed by atoms with Gasteiger partial charge in [-0.15, -0.1) is 0 Å². The first kappa shape index (κ1) is 10.7. The third kappa shape index (κ3) is 1.81. The number of hydrogen-bond acceptors (Lipinski definition) is 1. The first-order valence-corrected chi connectivity index (χ1v) is 5.48. The van der Waals surface area contributed by atoms with Crippen molar-refractivity contribution in [1.82, 2.24) is 0 Å². The van der Waals surface area contributed by atoms with Gasteiger partial charge in [0.1, 0.15) is 5.57 Å². The van der Waals surface area contributed by atoms with E-state index >= 15 is 0 Å². The van der Waals surface area contributed by atoms with Crippen LogP contribution in [0.15, 0.2) is 30.4 Å². The largest absolute Gasteiger partial charge is 0.275 e. The molecule has 0 aromatic heterocycles. The number of rotatable bonds is 1. The third-order valence-corrected chi connectivity index (χ3v) is 2.87. The van der Waals surface area contributed by atoms with E-state index < -0.39 is 0 Å². The third-order valence-electron chi connectivity index (χ3n) is 2.87. The lowest BCUT2D eigenvalue weighted by molar-refractivity contribution is 1.29. The van der Waals surface area contributed by atoms with Crippen LogP contribution in [0.3, 0.4) is 0 Å². The van der Waals surface area contributed by atoms with Crippen LogP contribution < -0.4 is 0 Å². The molecule has 0 radical (unpaired) electrons. The van der Waals surface area contributed by atoms with Gasteiger partial charge in [-0.3, -0.25) is 5.41 Å². The highest BCUT2D eigenvalue weighted by Gasteiger charge is 2.21. The van der Waals surface area contributed by atoms with Crippen molar-refractivity contribution < 1.29 is 0 Å². The fourth-order valence-electron chi connectivity index (χ4n) is 2.31. The molecule has 0 aliphatic heterocycles. The van der Waals surface area contributed by atoms with Crippen molar-refractivity contribution in [3.8, 4) is 0 Å². The van der Waals surface area contributed by atoms with E-state index in [4.69, 9.17) is 5.41 Å². The summed E-state index contributed by atoms with van der Waals surface area (Å²) in [5, 5.41) is 7.96. The summed E-state index contributed by atoms with van der Waals surface area (Å²) < 4.78 is 0. The van der Waals surface area contributed by atoms with Gasteiger partial charge in [-0.05, 0) is 31.9 Å². The Bertz CT molecular complexity index is 481. The molecule has 0 saturated heterocycles. The molecule has 2 rings (SSSR count). The summed E-state index contributed by atoms with van der Waals surface area (Å²) in [6.45, 7) is 6.33. The Morgan fingerprint density at radius 2 is 1.69 bits per heavy atom. The Labute approximate surface area is 97.0 Å². The second-order valence-corrected chi connectivity index (χ2v) is 4.32. The van der Waals surface area contributed by atoms with Crippen LogP contribution in [0.4, 0.5) is 0 Å². The molecule has 0 unspecified atom stereocenters. The van der Waals surface area contributed by atoms with E-state index in [1.807, 2.05) is 24.6 Å².